The number of hydrogen-bond donors (Lipinski definition) is 2. The summed E-state index contributed by atoms with van der Waals surface area (Å²) in [6, 6.07) is 12.9. The topological polar surface area (TPSA) is 118 Å². The van der Waals surface area contributed by atoms with Crippen LogP contribution in [-0.2, 0) is 27.4 Å². The van der Waals surface area contributed by atoms with Crippen LogP contribution in [0.25, 0.3) is 10.9 Å². The number of imide groups is 1. The number of nitrogens with one attached hydrogen (secondary N) is 2. The zero-order chi connectivity index (χ0) is 23.5. The van der Waals surface area contributed by atoms with E-state index in [1.807, 2.05) is 6.07 Å². The summed E-state index contributed by atoms with van der Waals surface area (Å²) in [6.07, 6.45) is 0.376. The Balaban J connectivity index is 1.33. The fourth-order valence-corrected chi connectivity index (χ4v) is 4.34. The Morgan fingerprint density at radius 2 is 1.79 bits per heavy atom. The van der Waals surface area contributed by atoms with Crippen molar-refractivity contribution in [1.29, 1.82) is 0 Å². The Bertz CT molecular complexity index is 1270. The van der Waals surface area contributed by atoms with Crippen molar-refractivity contribution in [3.8, 4) is 0 Å². The Morgan fingerprint density at radius 1 is 1.03 bits per heavy atom. The molecule has 2 aliphatic heterocycles. The Morgan fingerprint density at radius 3 is 2.56 bits per heavy atom. The quantitative estimate of drug-likeness (QED) is 0.525. The number of rotatable bonds is 6. The zero-order valence-electron chi connectivity index (χ0n) is 18.7. The monoisotopic (exact) mass is 462 g/mol. The zero-order valence-corrected chi connectivity index (χ0v) is 18.7. The van der Waals surface area contributed by atoms with E-state index in [1.165, 1.54) is 5.56 Å². The van der Waals surface area contributed by atoms with Crippen LogP contribution in [-0.4, -0.2) is 58.0 Å². The van der Waals surface area contributed by atoms with Gasteiger partial charge in [0.15, 0.2) is 0 Å². The van der Waals surface area contributed by atoms with Gasteiger partial charge in [-0.2, -0.15) is 4.68 Å². The molecule has 3 heterocycles. The molecule has 1 aromatic heterocycles. The summed E-state index contributed by atoms with van der Waals surface area (Å²) in [4.78, 5) is 39.4. The minimum atomic E-state index is -0.853. The van der Waals surface area contributed by atoms with E-state index < -0.39 is 17.5 Å². The summed E-state index contributed by atoms with van der Waals surface area (Å²) in [6.45, 7) is 4.88. The standard InChI is InChI=1S/C24H26N6O4/c31-21-9-8-20(23(32)26-21)30-24(33)22-18(2-1-3-19(22)27-28-30)25-14-16-4-6-17(7-5-16)15-29-10-12-34-13-11-29/h1-7,20,25H,8-15H2,(H,26,31,32). The number of morpholine rings is 1. The van der Waals surface area contributed by atoms with Crippen LogP contribution in [0.4, 0.5) is 5.69 Å². The number of fused-ring (bicyclic) bond motifs is 1. The number of piperidine rings is 1. The van der Waals surface area contributed by atoms with Crippen molar-refractivity contribution in [3.63, 3.8) is 0 Å². The van der Waals surface area contributed by atoms with E-state index in [9.17, 15) is 14.4 Å². The van der Waals surface area contributed by atoms with Crippen molar-refractivity contribution in [2.45, 2.75) is 32.0 Å². The molecule has 2 fully saturated rings. The second-order valence-corrected chi connectivity index (χ2v) is 8.56. The first-order valence-electron chi connectivity index (χ1n) is 11.4. The summed E-state index contributed by atoms with van der Waals surface area (Å²) in [5.74, 6) is -0.879. The van der Waals surface area contributed by atoms with E-state index in [4.69, 9.17) is 4.74 Å². The third kappa shape index (κ3) is 4.68. The molecule has 10 nitrogen and oxygen atoms in total. The van der Waals surface area contributed by atoms with Gasteiger partial charge in [-0.05, 0) is 29.7 Å². The van der Waals surface area contributed by atoms with Gasteiger partial charge >= 0.3 is 0 Å². The predicted octanol–water partition coefficient (Wildman–Crippen LogP) is 1.21. The van der Waals surface area contributed by atoms with Gasteiger partial charge in [0.1, 0.15) is 11.6 Å². The van der Waals surface area contributed by atoms with E-state index in [-0.39, 0.29) is 18.7 Å². The van der Waals surface area contributed by atoms with E-state index in [0.29, 0.717) is 23.1 Å². The molecule has 0 radical (unpaired) electrons. The van der Waals surface area contributed by atoms with Gasteiger partial charge < -0.3 is 10.1 Å². The fraction of sp³-hybridized carbons (Fsp3) is 0.375. The van der Waals surface area contributed by atoms with Gasteiger partial charge in [0, 0.05) is 38.3 Å². The number of anilines is 1. The van der Waals surface area contributed by atoms with Gasteiger partial charge in [0.2, 0.25) is 5.91 Å². The van der Waals surface area contributed by atoms with Crippen LogP contribution in [0.5, 0.6) is 0 Å². The normalized spacial score (nSPS) is 19.2. The summed E-state index contributed by atoms with van der Waals surface area (Å²) < 4.78 is 6.48. The highest BCUT2D eigenvalue weighted by Gasteiger charge is 2.30. The van der Waals surface area contributed by atoms with Crippen LogP contribution in [0.1, 0.15) is 30.0 Å². The van der Waals surface area contributed by atoms with E-state index in [0.717, 1.165) is 43.1 Å². The molecule has 176 valence electrons. The molecule has 2 N–H and O–H groups in total. The highest BCUT2D eigenvalue weighted by Crippen LogP contribution is 2.21. The SMILES string of the molecule is O=C1CCC(n2nnc3cccc(NCc4ccc(CN5CCOCC5)cc4)c3c2=O)C(=O)N1. The first kappa shape index (κ1) is 22.2. The maximum absolute atomic E-state index is 13.3. The van der Waals surface area contributed by atoms with E-state index in [2.05, 4.69) is 50.1 Å². The molecule has 1 unspecified atom stereocenters. The van der Waals surface area contributed by atoms with Crippen molar-refractivity contribution in [2.24, 2.45) is 0 Å². The molecule has 2 aromatic carbocycles. The highest BCUT2D eigenvalue weighted by molar-refractivity contribution is 5.99. The minimum absolute atomic E-state index is 0.157. The summed E-state index contributed by atoms with van der Waals surface area (Å²) in [5.41, 5.74) is 2.98. The minimum Gasteiger partial charge on any atom is -0.380 e. The average molecular weight is 463 g/mol. The molecule has 3 aromatic rings. The maximum atomic E-state index is 13.3. The smallest absolute Gasteiger partial charge is 0.280 e. The van der Waals surface area contributed by atoms with Gasteiger partial charge in [-0.1, -0.05) is 35.5 Å². The number of carbonyl (C=O) groups is 2. The third-order valence-corrected chi connectivity index (χ3v) is 6.23. The number of benzene rings is 2. The molecule has 2 aliphatic rings. The van der Waals surface area contributed by atoms with Crippen LogP contribution in [0.2, 0.25) is 0 Å². The number of ether oxygens (including phenoxy) is 1. The summed E-state index contributed by atoms with van der Waals surface area (Å²) in [5, 5.41) is 14.1. The summed E-state index contributed by atoms with van der Waals surface area (Å²) >= 11 is 0. The molecule has 0 spiro atoms. The van der Waals surface area contributed by atoms with Gasteiger partial charge in [0.05, 0.1) is 18.6 Å². The average Bonchev–Trinajstić information content (AvgIpc) is 2.85. The van der Waals surface area contributed by atoms with Crippen LogP contribution in [0.15, 0.2) is 47.3 Å². The van der Waals surface area contributed by atoms with Gasteiger partial charge in [-0.25, -0.2) is 0 Å². The number of amides is 2. The molecule has 0 aliphatic carbocycles. The number of carbonyl (C=O) groups excluding carboxylic acids is 2. The Labute approximate surface area is 195 Å². The maximum Gasteiger partial charge on any atom is 0.280 e. The van der Waals surface area contributed by atoms with Crippen LogP contribution in [0, 0.1) is 0 Å². The fourth-order valence-electron chi connectivity index (χ4n) is 4.34. The van der Waals surface area contributed by atoms with Gasteiger partial charge in [0.25, 0.3) is 11.5 Å². The van der Waals surface area contributed by atoms with Gasteiger partial charge in [-0.15, -0.1) is 5.10 Å². The second kappa shape index (κ2) is 9.70. The molecular formula is C24H26N6O4. The molecule has 2 amide bonds. The molecule has 5 rings (SSSR count). The van der Waals surface area contributed by atoms with Crippen LogP contribution < -0.4 is 16.2 Å². The lowest BCUT2D eigenvalue weighted by Gasteiger charge is -2.26. The number of nitrogens with zero attached hydrogens (tertiary/aromatic N) is 4. The third-order valence-electron chi connectivity index (χ3n) is 6.23. The van der Waals surface area contributed by atoms with Crippen LogP contribution in [0.3, 0.4) is 0 Å². The van der Waals surface area contributed by atoms with Crippen molar-refractivity contribution < 1.29 is 14.3 Å². The van der Waals surface area contributed by atoms with Crippen molar-refractivity contribution >= 4 is 28.4 Å². The van der Waals surface area contributed by atoms with E-state index in [1.54, 1.807) is 12.1 Å². The lowest BCUT2D eigenvalue weighted by Crippen LogP contribution is -2.45. The molecule has 1 atom stereocenters. The Hall–Kier alpha value is -3.63. The number of aromatic nitrogens is 3. The van der Waals surface area contributed by atoms with Crippen molar-refractivity contribution in [3.05, 3.63) is 63.9 Å². The van der Waals surface area contributed by atoms with Crippen molar-refractivity contribution in [1.82, 2.24) is 25.2 Å². The lowest BCUT2D eigenvalue weighted by atomic mass is 10.1. The predicted molar refractivity (Wildman–Crippen MR) is 125 cm³/mol. The largest absolute Gasteiger partial charge is 0.380 e. The summed E-state index contributed by atoms with van der Waals surface area (Å²) in [7, 11) is 0. The molecular weight excluding hydrogens is 436 g/mol. The van der Waals surface area contributed by atoms with Crippen LogP contribution >= 0.6 is 0 Å². The first-order chi connectivity index (χ1) is 16.6. The Kier molecular flexibility index (Phi) is 6.33. The van der Waals surface area contributed by atoms with E-state index >= 15 is 0 Å². The lowest BCUT2D eigenvalue weighted by molar-refractivity contribution is -0.136. The molecule has 0 saturated carbocycles. The molecule has 0 bridgehead atoms. The second-order valence-electron chi connectivity index (χ2n) is 8.56. The first-order valence-corrected chi connectivity index (χ1v) is 11.4. The molecule has 10 heteroatoms. The number of hydrogen-bond acceptors (Lipinski definition) is 8. The molecule has 2 saturated heterocycles. The highest BCUT2D eigenvalue weighted by atomic mass is 16.5. The van der Waals surface area contributed by atoms with Gasteiger partial charge in [-0.3, -0.25) is 24.6 Å². The van der Waals surface area contributed by atoms with Crippen molar-refractivity contribution in [2.75, 3.05) is 31.6 Å². The molecule has 34 heavy (non-hydrogen) atoms.